The molecule has 0 aromatic rings. The van der Waals surface area contributed by atoms with Gasteiger partial charge in [0.2, 0.25) is 0 Å². The molecule has 0 aliphatic heterocycles. The summed E-state index contributed by atoms with van der Waals surface area (Å²) in [6.07, 6.45) is 12.5. The van der Waals surface area contributed by atoms with Crippen LogP contribution in [0.1, 0.15) is 78.6 Å². The minimum absolute atomic E-state index is 0.148. The largest absolute Gasteiger partial charge is 0.463 e. The molecule has 0 aromatic heterocycles. The number of allylic oxidation sites excluding steroid dienone is 1. The fraction of sp³-hybridized carbons (Fsp3) is 0.870. The molecule has 0 radical (unpaired) electrons. The lowest BCUT2D eigenvalue weighted by atomic mass is 9.49. The van der Waals surface area contributed by atoms with Crippen molar-refractivity contribution in [2.24, 2.45) is 35.0 Å². The quantitative estimate of drug-likeness (QED) is 0.564. The summed E-state index contributed by atoms with van der Waals surface area (Å²) in [7, 11) is 0. The molecule has 0 spiro atoms. The van der Waals surface area contributed by atoms with Crippen LogP contribution in [0.2, 0.25) is 0 Å². The predicted octanol–water partition coefficient (Wildman–Crippen LogP) is 4.88. The molecule has 1 N–H and O–H groups in total. The van der Waals surface area contributed by atoms with E-state index in [0.717, 1.165) is 48.9 Å². The van der Waals surface area contributed by atoms with Crippen LogP contribution in [0.15, 0.2) is 11.6 Å². The van der Waals surface area contributed by atoms with Crippen molar-refractivity contribution < 1.29 is 14.6 Å². The van der Waals surface area contributed by atoms with Crippen LogP contribution in [-0.2, 0) is 9.53 Å². The lowest BCUT2D eigenvalue weighted by molar-refractivity contribution is -0.137. The first kappa shape index (κ1) is 18.5. The fourth-order valence-electron chi connectivity index (χ4n) is 7.49. The Balaban J connectivity index is 1.52. The fourth-order valence-corrected chi connectivity index (χ4v) is 7.49. The van der Waals surface area contributed by atoms with Crippen LogP contribution in [0.5, 0.6) is 0 Å². The van der Waals surface area contributed by atoms with Crippen LogP contribution in [-0.4, -0.2) is 23.3 Å². The van der Waals surface area contributed by atoms with E-state index in [1.54, 1.807) is 0 Å². The first-order chi connectivity index (χ1) is 12.3. The molecule has 0 saturated heterocycles. The number of carbonyl (C=O) groups is 1. The van der Waals surface area contributed by atoms with Gasteiger partial charge in [0, 0.05) is 6.08 Å². The first-order valence-electron chi connectivity index (χ1n) is 10.9. The average Bonchev–Trinajstić information content (AvgIpc) is 2.90. The van der Waals surface area contributed by atoms with Crippen molar-refractivity contribution in [2.75, 3.05) is 6.61 Å². The van der Waals surface area contributed by atoms with E-state index in [4.69, 9.17) is 4.74 Å². The SMILES string of the molecule is CCOC(=O)/C=C1\CC[C@H]2[C@@H]3CC[C@@H]4C[C@](C)(O)CC[C@@H]4[C@H]3CC[C@]12C. The van der Waals surface area contributed by atoms with Gasteiger partial charge in [-0.1, -0.05) is 12.5 Å². The van der Waals surface area contributed by atoms with Crippen LogP contribution in [0.4, 0.5) is 0 Å². The minimum Gasteiger partial charge on any atom is -0.463 e. The average molecular weight is 361 g/mol. The molecule has 4 aliphatic rings. The molecule has 4 rings (SSSR count). The molecule has 4 fully saturated rings. The van der Waals surface area contributed by atoms with E-state index < -0.39 is 5.60 Å². The van der Waals surface area contributed by atoms with Crippen molar-refractivity contribution in [3.63, 3.8) is 0 Å². The number of rotatable bonds is 2. The van der Waals surface area contributed by atoms with E-state index in [9.17, 15) is 9.90 Å². The van der Waals surface area contributed by atoms with Gasteiger partial charge in [0.05, 0.1) is 12.2 Å². The van der Waals surface area contributed by atoms with Crippen molar-refractivity contribution in [1.82, 2.24) is 0 Å². The monoisotopic (exact) mass is 360 g/mol. The molecule has 7 atom stereocenters. The van der Waals surface area contributed by atoms with E-state index in [2.05, 4.69) is 6.92 Å². The number of aliphatic hydroxyl groups is 1. The van der Waals surface area contributed by atoms with E-state index in [1.165, 1.54) is 44.1 Å². The van der Waals surface area contributed by atoms with Gasteiger partial charge in [0.1, 0.15) is 0 Å². The molecule has 3 heteroatoms. The van der Waals surface area contributed by atoms with Crippen LogP contribution >= 0.6 is 0 Å². The van der Waals surface area contributed by atoms with Crippen LogP contribution in [0.25, 0.3) is 0 Å². The predicted molar refractivity (Wildman–Crippen MR) is 102 cm³/mol. The zero-order valence-electron chi connectivity index (χ0n) is 16.8. The van der Waals surface area contributed by atoms with Gasteiger partial charge in [-0.3, -0.25) is 0 Å². The number of carbonyl (C=O) groups excluding carboxylic acids is 1. The smallest absolute Gasteiger partial charge is 0.330 e. The Hall–Kier alpha value is -0.830. The standard InChI is InChI=1S/C23H36O3/c1-4-26-21(24)13-16-6-8-20-19-7-5-15-14-22(2,25)11-9-17(15)18(19)10-12-23(16,20)3/h13,15,17-20,25H,4-12,14H2,1-3H3/b16-13+/t15-,17+,18-,19-,20+,22-,23-/m1/s1. The Morgan fingerprint density at radius 2 is 1.88 bits per heavy atom. The van der Waals surface area contributed by atoms with Crippen molar-refractivity contribution >= 4 is 5.97 Å². The maximum absolute atomic E-state index is 12.0. The van der Waals surface area contributed by atoms with Gasteiger partial charge >= 0.3 is 5.97 Å². The van der Waals surface area contributed by atoms with Crippen molar-refractivity contribution in [1.29, 1.82) is 0 Å². The van der Waals surface area contributed by atoms with Gasteiger partial charge in [0.15, 0.2) is 0 Å². The number of ether oxygens (including phenoxy) is 1. The third-order valence-corrected chi connectivity index (χ3v) is 8.66. The van der Waals surface area contributed by atoms with Gasteiger partial charge in [-0.05, 0) is 107 Å². The Bertz CT molecular complexity index is 592. The molecule has 0 amide bonds. The van der Waals surface area contributed by atoms with Gasteiger partial charge in [-0.2, -0.15) is 0 Å². The van der Waals surface area contributed by atoms with Gasteiger partial charge in [-0.15, -0.1) is 0 Å². The molecule has 4 saturated carbocycles. The second kappa shape index (κ2) is 6.65. The molecule has 0 heterocycles. The molecule has 0 aromatic carbocycles. The number of hydrogen-bond acceptors (Lipinski definition) is 3. The third kappa shape index (κ3) is 3.04. The summed E-state index contributed by atoms with van der Waals surface area (Å²) in [4.78, 5) is 12.0. The summed E-state index contributed by atoms with van der Waals surface area (Å²) in [6, 6.07) is 0. The van der Waals surface area contributed by atoms with Crippen LogP contribution in [0.3, 0.4) is 0 Å². The molecule has 0 bridgehead atoms. The highest BCUT2D eigenvalue weighted by Gasteiger charge is 2.56. The van der Waals surface area contributed by atoms with E-state index >= 15 is 0 Å². The number of esters is 1. The van der Waals surface area contributed by atoms with E-state index in [-0.39, 0.29) is 11.4 Å². The minimum atomic E-state index is -0.430. The van der Waals surface area contributed by atoms with E-state index in [1.807, 2.05) is 19.9 Å². The second-order valence-corrected chi connectivity index (χ2v) is 10.1. The van der Waals surface area contributed by atoms with Crippen molar-refractivity contribution in [3.8, 4) is 0 Å². The topological polar surface area (TPSA) is 46.5 Å². The highest BCUT2D eigenvalue weighted by Crippen LogP contribution is 2.64. The Labute approximate surface area is 158 Å². The number of fused-ring (bicyclic) bond motifs is 5. The van der Waals surface area contributed by atoms with Gasteiger partial charge < -0.3 is 9.84 Å². The summed E-state index contributed by atoms with van der Waals surface area (Å²) in [5.74, 6) is 3.84. The lowest BCUT2D eigenvalue weighted by Crippen LogP contribution is -2.49. The van der Waals surface area contributed by atoms with Crippen molar-refractivity contribution in [3.05, 3.63) is 11.6 Å². The normalized spacial score (nSPS) is 49.2. The zero-order chi connectivity index (χ0) is 18.5. The number of hydrogen-bond donors (Lipinski definition) is 1. The highest BCUT2D eigenvalue weighted by atomic mass is 16.5. The van der Waals surface area contributed by atoms with Gasteiger partial charge in [0.25, 0.3) is 0 Å². The second-order valence-electron chi connectivity index (χ2n) is 10.1. The lowest BCUT2D eigenvalue weighted by Gasteiger charge is -2.56. The summed E-state index contributed by atoms with van der Waals surface area (Å²) in [6.45, 7) is 6.79. The summed E-state index contributed by atoms with van der Waals surface area (Å²) >= 11 is 0. The summed E-state index contributed by atoms with van der Waals surface area (Å²) in [5.41, 5.74) is 1.13. The molecule has 4 aliphatic carbocycles. The Morgan fingerprint density at radius 1 is 1.12 bits per heavy atom. The molecule has 26 heavy (non-hydrogen) atoms. The summed E-state index contributed by atoms with van der Waals surface area (Å²) < 4.78 is 5.19. The molecule has 146 valence electrons. The first-order valence-corrected chi connectivity index (χ1v) is 10.9. The highest BCUT2D eigenvalue weighted by molar-refractivity contribution is 5.83. The maximum Gasteiger partial charge on any atom is 0.330 e. The molecule has 3 nitrogen and oxygen atoms in total. The molecular formula is C23H36O3. The van der Waals surface area contributed by atoms with Crippen molar-refractivity contribution in [2.45, 2.75) is 84.2 Å². The third-order valence-electron chi connectivity index (χ3n) is 8.66. The zero-order valence-corrected chi connectivity index (χ0v) is 16.8. The Morgan fingerprint density at radius 3 is 2.65 bits per heavy atom. The maximum atomic E-state index is 12.0. The molecular weight excluding hydrogens is 324 g/mol. The Kier molecular flexibility index (Phi) is 4.74. The molecule has 0 unspecified atom stereocenters. The van der Waals surface area contributed by atoms with Crippen LogP contribution in [0, 0.1) is 35.0 Å². The van der Waals surface area contributed by atoms with Gasteiger partial charge in [-0.25, -0.2) is 4.79 Å². The summed E-state index contributed by atoms with van der Waals surface area (Å²) in [5, 5.41) is 10.5. The van der Waals surface area contributed by atoms with Crippen LogP contribution < -0.4 is 0 Å². The van der Waals surface area contributed by atoms with E-state index in [0.29, 0.717) is 6.61 Å².